The number of alkyl halides is 3. The van der Waals surface area contributed by atoms with Crippen LogP contribution in [-0.4, -0.2) is 24.2 Å². The summed E-state index contributed by atoms with van der Waals surface area (Å²) in [7, 11) is 1.54. The average Bonchev–Trinajstić information content (AvgIpc) is 3.22. The Kier molecular flexibility index (Phi) is 6.48. The number of rotatable bonds is 5. The van der Waals surface area contributed by atoms with Gasteiger partial charge >= 0.3 is 6.18 Å². The number of hydrogen-bond donors (Lipinski definition) is 0. The first kappa shape index (κ1) is 22.9. The Labute approximate surface area is 199 Å². The number of hydrazone groups is 1. The van der Waals surface area contributed by atoms with Crippen molar-refractivity contribution in [1.82, 2.24) is 4.98 Å². The maximum absolute atomic E-state index is 13.3. The van der Waals surface area contributed by atoms with Gasteiger partial charge in [-0.1, -0.05) is 45.5 Å². The predicted molar refractivity (Wildman–Crippen MR) is 126 cm³/mol. The molecule has 0 bridgehead atoms. The zero-order chi connectivity index (χ0) is 23.6. The molecule has 0 aliphatic heterocycles. The van der Waals surface area contributed by atoms with Crippen LogP contribution in [0.15, 0.2) is 76.3 Å². The van der Waals surface area contributed by atoms with E-state index in [1.165, 1.54) is 36.8 Å². The number of anilines is 1. The minimum absolute atomic E-state index is 0.158. The summed E-state index contributed by atoms with van der Waals surface area (Å²) in [6.45, 7) is 0. The highest BCUT2D eigenvalue weighted by atomic mass is 79.9. The number of carbonyl (C=O) groups excluding carboxylic acids is 1. The van der Waals surface area contributed by atoms with Crippen LogP contribution < -0.4 is 9.75 Å². The molecular formula is C23H15BrF3N3O2S. The Bertz CT molecular complexity index is 1340. The molecule has 0 atom stereocenters. The van der Waals surface area contributed by atoms with Gasteiger partial charge in [0, 0.05) is 10.0 Å². The van der Waals surface area contributed by atoms with Gasteiger partial charge in [0.1, 0.15) is 5.75 Å². The molecule has 10 heteroatoms. The van der Waals surface area contributed by atoms with Crippen LogP contribution in [0.1, 0.15) is 21.5 Å². The van der Waals surface area contributed by atoms with E-state index in [1.54, 1.807) is 30.3 Å². The smallest absolute Gasteiger partial charge is 0.416 e. The summed E-state index contributed by atoms with van der Waals surface area (Å²) in [5, 5.41) is 5.50. The Morgan fingerprint density at radius 2 is 1.88 bits per heavy atom. The van der Waals surface area contributed by atoms with Crippen molar-refractivity contribution >= 4 is 54.7 Å². The monoisotopic (exact) mass is 533 g/mol. The number of aromatic nitrogens is 1. The fourth-order valence-corrected chi connectivity index (χ4v) is 4.14. The van der Waals surface area contributed by atoms with Gasteiger partial charge in [-0.2, -0.15) is 23.3 Å². The van der Waals surface area contributed by atoms with E-state index in [0.29, 0.717) is 16.8 Å². The number of fused-ring (bicyclic) bond motifs is 1. The number of thiazole rings is 1. The third-order valence-corrected chi connectivity index (χ3v) is 6.11. The summed E-state index contributed by atoms with van der Waals surface area (Å²) in [6.07, 6.45) is -3.13. The molecule has 4 aromatic rings. The number of ether oxygens (including phenoxy) is 1. The summed E-state index contributed by atoms with van der Waals surface area (Å²) >= 11 is 4.53. The number of methoxy groups -OCH3 is 1. The minimum Gasteiger partial charge on any atom is -0.497 e. The van der Waals surface area contributed by atoms with Crippen molar-refractivity contribution in [1.29, 1.82) is 0 Å². The molecule has 0 saturated heterocycles. The molecule has 5 nitrogen and oxygen atoms in total. The van der Waals surface area contributed by atoms with E-state index in [9.17, 15) is 18.0 Å². The lowest BCUT2D eigenvalue weighted by Crippen LogP contribution is -2.26. The van der Waals surface area contributed by atoms with Crippen LogP contribution in [0.5, 0.6) is 5.75 Å². The van der Waals surface area contributed by atoms with E-state index in [2.05, 4.69) is 26.0 Å². The molecule has 0 radical (unpaired) electrons. The van der Waals surface area contributed by atoms with Crippen molar-refractivity contribution in [3.63, 3.8) is 0 Å². The Morgan fingerprint density at radius 3 is 2.58 bits per heavy atom. The highest BCUT2D eigenvalue weighted by molar-refractivity contribution is 9.10. The van der Waals surface area contributed by atoms with Crippen LogP contribution in [0.3, 0.4) is 0 Å². The maximum Gasteiger partial charge on any atom is 0.416 e. The molecule has 1 heterocycles. The summed E-state index contributed by atoms with van der Waals surface area (Å²) in [4.78, 5) is 17.7. The van der Waals surface area contributed by atoms with Crippen molar-refractivity contribution in [2.75, 3.05) is 12.1 Å². The molecule has 0 saturated carbocycles. The topological polar surface area (TPSA) is 54.8 Å². The van der Waals surface area contributed by atoms with E-state index in [0.717, 1.165) is 26.3 Å². The van der Waals surface area contributed by atoms with Crippen LogP contribution in [0.25, 0.3) is 10.2 Å². The first-order chi connectivity index (χ1) is 15.7. The number of benzene rings is 3. The fraction of sp³-hybridized carbons (Fsp3) is 0.0870. The second-order valence-electron chi connectivity index (χ2n) is 6.82. The third kappa shape index (κ3) is 5.23. The van der Waals surface area contributed by atoms with E-state index in [1.807, 2.05) is 12.1 Å². The molecule has 33 heavy (non-hydrogen) atoms. The predicted octanol–water partition coefficient (Wildman–Crippen LogP) is 6.77. The van der Waals surface area contributed by atoms with Crippen molar-refractivity contribution in [3.05, 3.63) is 87.9 Å². The summed E-state index contributed by atoms with van der Waals surface area (Å²) in [5.74, 6) is -0.118. The molecule has 4 rings (SSSR count). The molecule has 0 fully saturated rings. The second-order valence-corrected chi connectivity index (χ2v) is 8.75. The van der Waals surface area contributed by atoms with Crippen molar-refractivity contribution in [2.45, 2.75) is 6.18 Å². The number of nitrogens with zero attached hydrogens (tertiary/aromatic N) is 3. The second kappa shape index (κ2) is 9.32. The van der Waals surface area contributed by atoms with Crippen LogP contribution in [-0.2, 0) is 6.18 Å². The number of hydrogen-bond acceptors (Lipinski definition) is 5. The van der Waals surface area contributed by atoms with Crippen molar-refractivity contribution < 1.29 is 22.7 Å². The van der Waals surface area contributed by atoms with Crippen LogP contribution in [0.2, 0.25) is 0 Å². The molecular weight excluding hydrogens is 519 g/mol. The van der Waals surface area contributed by atoms with Gasteiger partial charge in [0.15, 0.2) is 0 Å². The Hall–Kier alpha value is -3.24. The van der Waals surface area contributed by atoms with Crippen LogP contribution in [0.4, 0.5) is 18.3 Å². The number of carbonyl (C=O) groups is 1. The molecule has 0 aliphatic rings. The van der Waals surface area contributed by atoms with Gasteiger partial charge in [-0.05, 0) is 54.1 Å². The van der Waals surface area contributed by atoms with Crippen LogP contribution >= 0.6 is 27.3 Å². The molecule has 1 amide bonds. The average molecular weight is 534 g/mol. The van der Waals surface area contributed by atoms with Crippen molar-refractivity contribution in [3.8, 4) is 5.75 Å². The standard InChI is InChI=1S/C23H15BrF3N3O2S/c1-32-18-9-10-19-20(12-18)33-22(29-19)30(28-13-14-5-7-17(24)8-6-14)21(31)15-3-2-4-16(11-15)23(25,26)27/h2-13H,1H3/b28-13+. The van der Waals surface area contributed by atoms with Gasteiger partial charge in [-0.25, -0.2) is 4.98 Å². The van der Waals surface area contributed by atoms with E-state index in [-0.39, 0.29) is 10.7 Å². The normalized spacial score (nSPS) is 11.8. The van der Waals surface area contributed by atoms with Gasteiger partial charge in [-0.3, -0.25) is 4.79 Å². The van der Waals surface area contributed by atoms with Gasteiger partial charge in [0.2, 0.25) is 5.13 Å². The first-order valence-electron chi connectivity index (χ1n) is 9.50. The summed E-state index contributed by atoms with van der Waals surface area (Å²) in [6, 6.07) is 16.6. The maximum atomic E-state index is 13.3. The lowest BCUT2D eigenvalue weighted by atomic mass is 10.1. The van der Waals surface area contributed by atoms with Crippen molar-refractivity contribution in [2.24, 2.45) is 5.10 Å². The number of amides is 1. The van der Waals surface area contributed by atoms with Gasteiger partial charge in [0.25, 0.3) is 5.91 Å². The van der Waals surface area contributed by atoms with Gasteiger partial charge < -0.3 is 4.74 Å². The Morgan fingerprint density at radius 1 is 1.12 bits per heavy atom. The lowest BCUT2D eigenvalue weighted by Gasteiger charge is -2.15. The van der Waals surface area contributed by atoms with E-state index < -0.39 is 17.6 Å². The molecule has 0 aliphatic carbocycles. The largest absolute Gasteiger partial charge is 0.497 e. The van der Waals surface area contributed by atoms with E-state index >= 15 is 0 Å². The molecule has 3 aromatic carbocycles. The zero-order valence-electron chi connectivity index (χ0n) is 17.0. The quantitative estimate of drug-likeness (QED) is 0.210. The highest BCUT2D eigenvalue weighted by Gasteiger charge is 2.32. The first-order valence-corrected chi connectivity index (χ1v) is 11.1. The Balaban J connectivity index is 1.77. The molecule has 1 aromatic heterocycles. The minimum atomic E-state index is -4.58. The molecule has 0 unspecified atom stereocenters. The zero-order valence-corrected chi connectivity index (χ0v) is 19.4. The highest BCUT2D eigenvalue weighted by Crippen LogP contribution is 2.34. The van der Waals surface area contributed by atoms with Crippen LogP contribution in [0, 0.1) is 0 Å². The molecule has 0 N–H and O–H groups in total. The third-order valence-electron chi connectivity index (χ3n) is 4.59. The summed E-state index contributed by atoms with van der Waals surface area (Å²) < 4.78 is 46.4. The number of halogens is 4. The fourth-order valence-electron chi connectivity index (χ4n) is 2.92. The van der Waals surface area contributed by atoms with Gasteiger partial charge in [0.05, 0.1) is 29.1 Å². The SMILES string of the molecule is COc1ccc2nc(N(/N=C/c3ccc(Br)cc3)C(=O)c3cccc(C(F)(F)F)c3)sc2c1. The molecule has 0 spiro atoms. The lowest BCUT2D eigenvalue weighted by molar-refractivity contribution is -0.137. The van der Waals surface area contributed by atoms with Gasteiger partial charge in [-0.15, -0.1) is 0 Å². The summed E-state index contributed by atoms with van der Waals surface area (Å²) in [5.41, 5.74) is 0.230. The molecule has 168 valence electrons. The van der Waals surface area contributed by atoms with E-state index in [4.69, 9.17) is 4.74 Å².